The van der Waals surface area contributed by atoms with Gasteiger partial charge in [-0.3, -0.25) is 9.59 Å². The van der Waals surface area contributed by atoms with Gasteiger partial charge in [-0.2, -0.15) is 5.10 Å². The van der Waals surface area contributed by atoms with Crippen LogP contribution in [-0.4, -0.2) is 41.5 Å². The molecule has 0 bridgehead atoms. The maximum Gasteiger partial charge on any atom is 0.233 e. The summed E-state index contributed by atoms with van der Waals surface area (Å²) in [6.07, 6.45) is 0.520. The summed E-state index contributed by atoms with van der Waals surface area (Å²) in [4.78, 5) is 25.3. The second-order valence-electron chi connectivity index (χ2n) is 9.05. The van der Waals surface area contributed by atoms with Gasteiger partial charge in [-0.1, -0.05) is 39.0 Å². The van der Waals surface area contributed by atoms with Gasteiger partial charge in [0, 0.05) is 23.6 Å². The monoisotopic (exact) mass is 430 g/mol. The van der Waals surface area contributed by atoms with Gasteiger partial charge in [-0.05, 0) is 18.1 Å². The molecule has 1 aromatic heterocycles. The lowest BCUT2D eigenvalue weighted by Gasteiger charge is -2.25. The van der Waals surface area contributed by atoms with Gasteiger partial charge in [-0.25, -0.2) is 13.1 Å². The van der Waals surface area contributed by atoms with Gasteiger partial charge in [0.15, 0.2) is 9.84 Å². The molecule has 2 aliphatic rings. The van der Waals surface area contributed by atoms with Crippen molar-refractivity contribution in [3.05, 3.63) is 41.6 Å². The number of fused-ring (bicyclic) bond motifs is 1. The van der Waals surface area contributed by atoms with E-state index in [-0.39, 0.29) is 41.2 Å². The average molecular weight is 431 g/mol. The number of aromatic nitrogens is 2. The van der Waals surface area contributed by atoms with Crippen LogP contribution in [0.3, 0.4) is 0 Å². The zero-order valence-electron chi connectivity index (χ0n) is 17.3. The molecule has 3 heterocycles. The van der Waals surface area contributed by atoms with Gasteiger partial charge in [0.25, 0.3) is 0 Å². The summed E-state index contributed by atoms with van der Waals surface area (Å²) in [6, 6.07) is 8.74. The standard InChI is InChI=1S/C21H26N4O4S/c1-21(2,3)17-11-18(25(24-17)13-8-9-30(28,29)12-13)23-20(27)15-10-19(26)22-16-7-5-4-6-14(15)16/h4-7,11,13,15H,8-10,12H2,1-3H3,(H,22,26)(H,23,27)/t13-,15+/m1/s1. The van der Waals surface area contributed by atoms with Gasteiger partial charge in [0.1, 0.15) is 5.82 Å². The zero-order valence-corrected chi connectivity index (χ0v) is 18.1. The van der Waals surface area contributed by atoms with Crippen molar-refractivity contribution in [2.75, 3.05) is 22.1 Å². The van der Waals surface area contributed by atoms with E-state index in [2.05, 4.69) is 15.7 Å². The van der Waals surface area contributed by atoms with Crippen molar-refractivity contribution < 1.29 is 18.0 Å². The molecule has 0 unspecified atom stereocenters. The van der Waals surface area contributed by atoms with Crippen LogP contribution in [0.4, 0.5) is 11.5 Å². The normalized spacial score (nSPS) is 23.0. The minimum Gasteiger partial charge on any atom is -0.326 e. The molecule has 2 atom stereocenters. The molecule has 4 rings (SSSR count). The molecule has 1 aromatic carbocycles. The minimum atomic E-state index is -3.11. The van der Waals surface area contributed by atoms with E-state index in [4.69, 9.17) is 0 Å². The summed E-state index contributed by atoms with van der Waals surface area (Å²) < 4.78 is 25.6. The highest BCUT2D eigenvalue weighted by Gasteiger charge is 2.35. The smallest absolute Gasteiger partial charge is 0.233 e. The Labute approximate surface area is 176 Å². The van der Waals surface area contributed by atoms with Crippen LogP contribution in [0, 0.1) is 0 Å². The molecule has 9 heteroatoms. The molecular weight excluding hydrogens is 404 g/mol. The highest BCUT2D eigenvalue weighted by molar-refractivity contribution is 7.91. The Hall–Kier alpha value is -2.68. The van der Waals surface area contributed by atoms with Crippen molar-refractivity contribution in [1.82, 2.24) is 9.78 Å². The number of hydrogen-bond donors (Lipinski definition) is 2. The summed E-state index contributed by atoms with van der Waals surface area (Å²) in [5.41, 5.74) is 1.91. The van der Waals surface area contributed by atoms with Crippen LogP contribution in [0.15, 0.2) is 30.3 Å². The fourth-order valence-electron chi connectivity index (χ4n) is 3.96. The first-order valence-corrected chi connectivity index (χ1v) is 11.9. The fraction of sp³-hybridized carbons (Fsp3) is 0.476. The lowest BCUT2D eigenvalue weighted by Crippen LogP contribution is -2.31. The van der Waals surface area contributed by atoms with Crippen LogP contribution in [0.2, 0.25) is 0 Å². The van der Waals surface area contributed by atoms with Crippen molar-refractivity contribution in [2.45, 2.75) is 51.0 Å². The first-order chi connectivity index (χ1) is 14.0. The summed E-state index contributed by atoms with van der Waals surface area (Å²) in [5, 5.41) is 10.4. The molecule has 2 amide bonds. The van der Waals surface area contributed by atoms with Crippen molar-refractivity contribution >= 4 is 33.2 Å². The van der Waals surface area contributed by atoms with Gasteiger partial charge >= 0.3 is 0 Å². The summed E-state index contributed by atoms with van der Waals surface area (Å²) >= 11 is 0. The largest absolute Gasteiger partial charge is 0.326 e. The third kappa shape index (κ3) is 3.98. The van der Waals surface area contributed by atoms with E-state index in [0.717, 1.165) is 11.3 Å². The average Bonchev–Trinajstić information content (AvgIpc) is 3.23. The zero-order chi connectivity index (χ0) is 21.7. The van der Waals surface area contributed by atoms with Crippen molar-refractivity contribution in [2.24, 2.45) is 0 Å². The van der Waals surface area contributed by atoms with Gasteiger partial charge in [0.05, 0.1) is 29.2 Å². The van der Waals surface area contributed by atoms with Gasteiger partial charge < -0.3 is 10.6 Å². The Morgan fingerprint density at radius 3 is 2.67 bits per heavy atom. The fourth-order valence-corrected chi connectivity index (χ4v) is 5.65. The van der Waals surface area contributed by atoms with Crippen LogP contribution in [0.25, 0.3) is 0 Å². The number of carbonyl (C=O) groups is 2. The minimum absolute atomic E-state index is 0.00972. The van der Waals surface area contributed by atoms with Crippen LogP contribution < -0.4 is 10.6 Å². The number of nitrogens with zero attached hydrogens (tertiary/aromatic N) is 2. The molecule has 1 fully saturated rings. The molecule has 8 nitrogen and oxygen atoms in total. The molecule has 1 saturated heterocycles. The Balaban J connectivity index is 1.67. The Kier molecular flexibility index (Phi) is 4.96. The van der Waals surface area contributed by atoms with E-state index in [9.17, 15) is 18.0 Å². The third-order valence-corrected chi connectivity index (χ3v) is 7.38. The predicted molar refractivity (Wildman–Crippen MR) is 114 cm³/mol. The Morgan fingerprint density at radius 1 is 1.27 bits per heavy atom. The lowest BCUT2D eigenvalue weighted by atomic mass is 9.89. The molecule has 2 aromatic rings. The number of amides is 2. The quantitative estimate of drug-likeness (QED) is 0.778. The van der Waals surface area contributed by atoms with Gasteiger partial charge in [-0.15, -0.1) is 0 Å². The number of nitrogens with one attached hydrogen (secondary N) is 2. The molecular formula is C21H26N4O4S. The van der Waals surface area contributed by atoms with Crippen molar-refractivity contribution in [3.8, 4) is 0 Å². The third-order valence-electron chi connectivity index (χ3n) is 5.63. The van der Waals surface area contributed by atoms with E-state index in [1.807, 2.05) is 39.0 Å². The highest BCUT2D eigenvalue weighted by atomic mass is 32.2. The second-order valence-corrected chi connectivity index (χ2v) is 11.3. The van der Waals surface area contributed by atoms with Crippen LogP contribution in [0.1, 0.15) is 56.8 Å². The number of para-hydroxylation sites is 1. The summed E-state index contributed by atoms with van der Waals surface area (Å²) in [5.74, 6) is -0.541. The number of sulfone groups is 1. The molecule has 30 heavy (non-hydrogen) atoms. The molecule has 2 aliphatic heterocycles. The van der Waals surface area contributed by atoms with Crippen molar-refractivity contribution in [3.63, 3.8) is 0 Å². The van der Waals surface area contributed by atoms with Crippen LogP contribution in [-0.2, 0) is 24.8 Å². The summed E-state index contributed by atoms with van der Waals surface area (Å²) in [7, 11) is -3.11. The van der Waals surface area contributed by atoms with E-state index >= 15 is 0 Å². The lowest BCUT2D eigenvalue weighted by molar-refractivity contribution is -0.123. The second kappa shape index (κ2) is 7.23. The predicted octanol–water partition coefficient (Wildman–Crippen LogP) is 2.60. The van der Waals surface area contributed by atoms with Gasteiger partial charge in [0.2, 0.25) is 11.8 Å². The first-order valence-electron chi connectivity index (χ1n) is 10.0. The summed E-state index contributed by atoms with van der Waals surface area (Å²) in [6.45, 7) is 6.04. The number of hydrogen-bond acceptors (Lipinski definition) is 5. The number of anilines is 2. The maximum atomic E-state index is 13.2. The van der Waals surface area contributed by atoms with Crippen LogP contribution >= 0.6 is 0 Å². The number of benzene rings is 1. The number of carbonyl (C=O) groups excluding carboxylic acids is 2. The highest BCUT2D eigenvalue weighted by Crippen LogP contribution is 2.35. The van der Waals surface area contributed by atoms with E-state index in [1.54, 1.807) is 16.8 Å². The molecule has 0 radical (unpaired) electrons. The topological polar surface area (TPSA) is 110 Å². The first kappa shape index (κ1) is 20.6. The van der Waals surface area contributed by atoms with E-state index < -0.39 is 15.8 Å². The Bertz CT molecular complexity index is 1110. The molecule has 160 valence electrons. The number of rotatable bonds is 3. The molecule has 0 spiro atoms. The van der Waals surface area contributed by atoms with Crippen LogP contribution in [0.5, 0.6) is 0 Å². The Morgan fingerprint density at radius 2 is 2.00 bits per heavy atom. The molecule has 0 aliphatic carbocycles. The SMILES string of the molecule is CC(C)(C)c1cc(NC(=O)[C@H]2CC(=O)Nc3ccccc32)n([C@@H]2CCS(=O)(=O)C2)n1. The van der Waals surface area contributed by atoms with E-state index in [1.165, 1.54) is 0 Å². The van der Waals surface area contributed by atoms with E-state index in [0.29, 0.717) is 17.9 Å². The maximum absolute atomic E-state index is 13.2. The molecule has 0 saturated carbocycles. The van der Waals surface area contributed by atoms with Crippen molar-refractivity contribution in [1.29, 1.82) is 0 Å². The molecule has 2 N–H and O–H groups in total.